The smallest absolute Gasteiger partial charge is 0.182 e. The van der Waals surface area contributed by atoms with Gasteiger partial charge in [-0.05, 0) is 77.9 Å². The molecule has 214 valence electrons. The molecule has 1 aromatic carbocycles. The standard InChI is InChI=1S/C35H26N6O3/c42-26-17-24(22-40(32-9-1-5-13-36-32)33-10-2-6-14-37-33)28-21-29-25(18-27(43)20-31(29)44-30(28)19-26)23-41(34-11-3-7-15-38-34)35-12-4-8-16-39-35/h1-21,42H,22-23H2. The molecule has 0 amide bonds. The van der Waals surface area contributed by atoms with Gasteiger partial charge in [-0.1, -0.05) is 24.3 Å². The van der Waals surface area contributed by atoms with Gasteiger partial charge in [-0.15, -0.1) is 0 Å². The lowest BCUT2D eigenvalue weighted by Gasteiger charge is -2.25. The topological polar surface area (TPSA) is 108 Å². The van der Waals surface area contributed by atoms with Crippen LogP contribution in [0, 0.1) is 0 Å². The number of rotatable bonds is 8. The number of pyridine rings is 4. The van der Waals surface area contributed by atoms with Gasteiger partial charge in [-0.2, -0.15) is 0 Å². The first kappa shape index (κ1) is 26.8. The van der Waals surface area contributed by atoms with E-state index in [0.29, 0.717) is 47.7 Å². The molecule has 44 heavy (non-hydrogen) atoms. The van der Waals surface area contributed by atoms with E-state index < -0.39 is 0 Å². The van der Waals surface area contributed by atoms with Crippen LogP contribution in [0.2, 0.25) is 0 Å². The highest BCUT2D eigenvalue weighted by Gasteiger charge is 2.21. The Hall–Kier alpha value is -6.09. The van der Waals surface area contributed by atoms with Gasteiger partial charge in [0.2, 0.25) is 0 Å². The molecule has 0 saturated heterocycles. The normalized spacial score (nSPS) is 11.1. The molecule has 1 aliphatic heterocycles. The molecule has 0 spiro atoms. The zero-order valence-corrected chi connectivity index (χ0v) is 23.5. The van der Waals surface area contributed by atoms with E-state index >= 15 is 0 Å². The summed E-state index contributed by atoms with van der Waals surface area (Å²) in [6.07, 6.45) is 6.92. The van der Waals surface area contributed by atoms with Crippen LogP contribution in [-0.4, -0.2) is 25.0 Å². The molecule has 7 rings (SSSR count). The lowest BCUT2D eigenvalue weighted by Crippen LogP contribution is -2.20. The second-order valence-electron chi connectivity index (χ2n) is 10.2. The molecule has 1 aliphatic carbocycles. The van der Waals surface area contributed by atoms with Crippen LogP contribution in [0.5, 0.6) is 5.75 Å². The Kier molecular flexibility index (Phi) is 7.09. The number of aromatic hydroxyl groups is 1. The Bertz CT molecular complexity index is 1980. The van der Waals surface area contributed by atoms with Gasteiger partial charge in [0.1, 0.15) is 40.4 Å². The van der Waals surface area contributed by atoms with Gasteiger partial charge in [0.15, 0.2) is 5.43 Å². The Morgan fingerprint density at radius 3 is 1.57 bits per heavy atom. The summed E-state index contributed by atoms with van der Waals surface area (Å²) in [6.45, 7) is 0.673. The lowest BCUT2D eigenvalue weighted by molar-refractivity contribution is 0.473. The molecule has 5 heterocycles. The predicted octanol–water partition coefficient (Wildman–Crippen LogP) is 6.86. The molecule has 9 heteroatoms. The van der Waals surface area contributed by atoms with Crippen molar-refractivity contribution in [3.63, 3.8) is 0 Å². The van der Waals surface area contributed by atoms with Crippen LogP contribution in [-0.2, 0) is 13.1 Å². The summed E-state index contributed by atoms with van der Waals surface area (Å²) in [5.74, 6) is 3.27. The highest BCUT2D eigenvalue weighted by Crippen LogP contribution is 2.37. The fourth-order valence-corrected chi connectivity index (χ4v) is 5.30. The van der Waals surface area contributed by atoms with Crippen molar-refractivity contribution < 1.29 is 9.52 Å². The molecule has 0 saturated carbocycles. The Labute approximate surface area is 252 Å². The second-order valence-corrected chi connectivity index (χ2v) is 10.2. The molecular formula is C35H26N6O3. The summed E-state index contributed by atoms with van der Waals surface area (Å²) in [7, 11) is 0. The molecule has 5 aromatic rings. The van der Waals surface area contributed by atoms with Crippen molar-refractivity contribution in [3.05, 3.63) is 149 Å². The van der Waals surface area contributed by atoms with Crippen molar-refractivity contribution in [1.29, 1.82) is 0 Å². The SMILES string of the molecule is O=c1cc2oc3cc(O)cc(CN(c4ccccn4)c4ccccn4)c3cc-2c(CN(c2ccccn2)c2ccccn2)c1. The van der Waals surface area contributed by atoms with Gasteiger partial charge >= 0.3 is 0 Å². The number of aromatic nitrogens is 4. The van der Waals surface area contributed by atoms with Crippen LogP contribution in [0.4, 0.5) is 23.3 Å². The first-order valence-electron chi connectivity index (χ1n) is 14.0. The Morgan fingerprint density at radius 1 is 0.591 bits per heavy atom. The largest absolute Gasteiger partial charge is 0.508 e. The van der Waals surface area contributed by atoms with E-state index in [1.807, 2.05) is 88.7 Å². The predicted molar refractivity (Wildman–Crippen MR) is 169 cm³/mol. The van der Waals surface area contributed by atoms with Crippen LogP contribution in [0.15, 0.2) is 137 Å². The maximum Gasteiger partial charge on any atom is 0.182 e. The molecule has 0 radical (unpaired) electrons. The summed E-state index contributed by atoms with van der Waals surface area (Å²) in [5.41, 5.74) is 2.58. The van der Waals surface area contributed by atoms with Gasteiger partial charge < -0.3 is 19.3 Å². The first-order chi connectivity index (χ1) is 21.6. The number of hydrogen-bond acceptors (Lipinski definition) is 9. The summed E-state index contributed by atoms with van der Waals surface area (Å²) < 4.78 is 6.32. The molecule has 0 fully saturated rings. The third-order valence-electron chi connectivity index (χ3n) is 7.28. The Balaban J connectivity index is 1.37. The minimum Gasteiger partial charge on any atom is -0.508 e. The number of benzene rings is 2. The molecule has 0 atom stereocenters. The van der Waals surface area contributed by atoms with E-state index in [1.165, 1.54) is 6.07 Å². The first-order valence-corrected chi connectivity index (χ1v) is 14.0. The van der Waals surface area contributed by atoms with Gasteiger partial charge in [0.05, 0.1) is 13.1 Å². The van der Waals surface area contributed by atoms with Crippen LogP contribution in [0.3, 0.4) is 0 Å². The van der Waals surface area contributed by atoms with Crippen molar-refractivity contribution in [2.75, 3.05) is 9.80 Å². The molecule has 1 N–H and O–H groups in total. The molecular weight excluding hydrogens is 552 g/mol. The van der Waals surface area contributed by atoms with Gasteiger partial charge in [0.25, 0.3) is 0 Å². The zero-order chi connectivity index (χ0) is 29.9. The minimum absolute atomic E-state index is 0.0487. The summed E-state index contributed by atoms with van der Waals surface area (Å²) in [6, 6.07) is 31.1. The van der Waals surface area contributed by atoms with Crippen LogP contribution in [0.25, 0.3) is 22.3 Å². The van der Waals surface area contributed by atoms with E-state index in [0.717, 1.165) is 22.1 Å². The number of phenols is 1. The number of anilines is 4. The van der Waals surface area contributed by atoms with Crippen LogP contribution < -0.4 is 15.2 Å². The van der Waals surface area contributed by atoms with Gasteiger partial charge in [0, 0.05) is 47.9 Å². The highest BCUT2D eigenvalue weighted by molar-refractivity contribution is 5.88. The third-order valence-corrected chi connectivity index (χ3v) is 7.28. The molecule has 4 aromatic heterocycles. The number of nitrogens with zero attached hydrogens (tertiary/aromatic N) is 6. The van der Waals surface area contributed by atoms with E-state index in [4.69, 9.17) is 4.42 Å². The Morgan fingerprint density at radius 2 is 1.09 bits per heavy atom. The number of hydrogen-bond donors (Lipinski definition) is 1. The maximum absolute atomic E-state index is 12.9. The van der Waals surface area contributed by atoms with E-state index in [1.54, 1.807) is 43.0 Å². The third kappa shape index (κ3) is 5.41. The molecule has 0 bridgehead atoms. The highest BCUT2D eigenvalue weighted by atomic mass is 16.3. The van der Waals surface area contributed by atoms with Crippen molar-refractivity contribution in [2.24, 2.45) is 0 Å². The van der Waals surface area contributed by atoms with Crippen LogP contribution in [0.1, 0.15) is 11.1 Å². The summed E-state index contributed by atoms with van der Waals surface area (Å²) in [4.78, 5) is 35.1. The quantitative estimate of drug-likeness (QED) is 0.193. The van der Waals surface area contributed by atoms with Gasteiger partial charge in [-0.25, -0.2) is 19.9 Å². The lowest BCUT2D eigenvalue weighted by atomic mass is 9.98. The monoisotopic (exact) mass is 578 g/mol. The molecule has 9 nitrogen and oxygen atoms in total. The van der Waals surface area contributed by atoms with E-state index in [9.17, 15) is 9.90 Å². The summed E-state index contributed by atoms with van der Waals surface area (Å²) in [5, 5.41) is 11.5. The zero-order valence-electron chi connectivity index (χ0n) is 23.5. The van der Waals surface area contributed by atoms with Crippen molar-refractivity contribution in [1.82, 2.24) is 19.9 Å². The van der Waals surface area contributed by atoms with E-state index in [-0.39, 0.29) is 11.2 Å². The molecule has 2 aliphatic rings. The van der Waals surface area contributed by atoms with Crippen LogP contribution >= 0.6 is 0 Å². The maximum atomic E-state index is 12.9. The van der Waals surface area contributed by atoms with Crippen molar-refractivity contribution in [3.8, 4) is 17.1 Å². The number of phenolic OH excluding ortho intramolecular Hbond substituents is 1. The fourth-order valence-electron chi connectivity index (χ4n) is 5.30. The van der Waals surface area contributed by atoms with E-state index in [2.05, 4.69) is 19.9 Å². The van der Waals surface area contributed by atoms with Crippen molar-refractivity contribution in [2.45, 2.75) is 13.1 Å². The van der Waals surface area contributed by atoms with Crippen molar-refractivity contribution >= 4 is 34.2 Å². The number of fused-ring (bicyclic) bond motifs is 2. The fraction of sp³-hybridized carbons (Fsp3) is 0.0571. The van der Waals surface area contributed by atoms with Gasteiger partial charge in [-0.3, -0.25) is 4.79 Å². The molecule has 0 unspecified atom stereocenters. The average molecular weight is 579 g/mol. The summed E-state index contributed by atoms with van der Waals surface area (Å²) >= 11 is 0. The second kappa shape index (κ2) is 11.7. The minimum atomic E-state index is -0.186. The average Bonchev–Trinajstić information content (AvgIpc) is 3.06.